The number of halogens is 1. The molecule has 3 aromatic carbocycles. The number of hydrogen-bond donors (Lipinski definition) is 0. The van der Waals surface area contributed by atoms with E-state index in [1.165, 1.54) is 5.56 Å². The van der Waals surface area contributed by atoms with Crippen LogP contribution < -0.4 is 4.74 Å². The maximum Gasteiger partial charge on any atom is 0.315 e. The molecule has 0 amide bonds. The van der Waals surface area contributed by atoms with Gasteiger partial charge in [-0.25, -0.2) is 0 Å². The second kappa shape index (κ2) is 8.00. The van der Waals surface area contributed by atoms with Gasteiger partial charge in [0.2, 0.25) is 0 Å². The van der Waals surface area contributed by atoms with Gasteiger partial charge in [-0.1, -0.05) is 62.4 Å². The summed E-state index contributed by atoms with van der Waals surface area (Å²) in [6.45, 7) is 4.41. The molecule has 0 saturated carbocycles. The Bertz CT molecular complexity index is 882. The first kappa shape index (κ1) is 17.9. The summed E-state index contributed by atoms with van der Waals surface area (Å²) in [6.07, 6.45) is 1.33. The van der Waals surface area contributed by atoms with E-state index < -0.39 is 0 Å². The van der Waals surface area contributed by atoms with E-state index in [-0.39, 0.29) is 12.4 Å². The second-order valence-corrected chi connectivity index (χ2v) is 7.82. The molecule has 3 rings (SSSR count). The highest BCUT2D eigenvalue weighted by Gasteiger charge is 2.10. The van der Waals surface area contributed by atoms with E-state index in [4.69, 9.17) is 4.74 Å². The van der Waals surface area contributed by atoms with Crippen molar-refractivity contribution in [3.63, 3.8) is 0 Å². The Hall–Kier alpha value is -1.88. The van der Waals surface area contributed by atoms with Gasteiger partial charge in [-0.05, 0) is 63.6 Å². The Kier molecular flexibility index (Phi) is 5.74. The van der Waals surface area contributed by atoms with Crippen molar-refractivity contribution in [2.75, 3.05) is 0 Å². The number of benzene rings is 3. The molecule has 0 atom stereocenters. The summed E-state index contributed by atoms with van der Waals surface area (Å²) >= 11 is 2.30. The normalized spacial score (nSPS) is 11.0. The Morgan fingerprint density at radius 3 is 2.28 bits per heavy atom. The Balaban J connectivity index is 1.72. The highest BCUT2D eigenvalue weighted by atomic mass is 127. The van der Waals surface area contributed by atoms with E-state index in [1.54, 1.807) is 0 Å². The summed E-state index contributed by atoms with van der Waals surface area (Å²) in [7, 11) is 0. The molecule has 0 aliphatic carbocycles. The molecular formula is C22H21IO2. The molecule has 128 valence electrons. The van der Waals surface area contributed by atoms with Crippen LogP contribution in [-0.2, 0) is 17.6 Å². The van der Waals surface area contributed by atoms with Crippen LogP contribution in [0.4, 0.5) is 0 Å². The van der Waals surface area contributed by atoms with Crippen LogP contribution in [0.15, 0.2) is 60.7 Å². The summed E-state index contributed by atoms with van der Waals surface area (Å²) in [5.41, 5.74) is 2.28. The van der Waals surface area contributed by atoms with Crippen LogP contribution in [0.25, 0.3) is 10.8 Å². The van der Waals surface area contributed by atoms with Crippen LogP contribution in [0.2, 0.25) is 0 Å². The molecule has 0 aromatic heterocycles. The fourth-order valence-electron chi connectivity index (χ4n) is 2.92. The lowest BCUT2D eigenvalue weighted by Crippen LogP contribution is -2.11. The van der Waals surface area contributed by atoms with E-state index in [0.29, 0.717) is 11.7 Å². The smallest absolute Gasteiger partial charge is 0.315 e. The molecule has 0 unspecified atom stereocenters. The fourth-order valence-corrected chi connectivity index (χ4v) is 3.60. The van der Waals surface area contributed by atoms with Gasteiger partial charge in [0, 0.05) is 8.96 Å². The van der Waals surface area contributed by atoms with Gasteiger partial charge in [0.25, 0.3) is 0 Å². The average Bonchev–Trinajstić information content (AvgIpc) is 2.57. The molecule has 25 heavy (non-hydrogen) atoms. The van der Waals surface area contributed by atoms with Crippen molar-refractivity contribution in [3.8, 4) is 5.75 Å². The van der Waals surface area contributed by atoms with E-state index in [0.717, 1.165) is 26.3 Å². The summed E-state index contributed by atoms with van der Waals surface area (Å²) < 4.78 is 6.79. The van der Waals surface area contributed by atoms with Crippen molar-refractivity contribution >= 4 is 39.3 Å². The third kappa shape index (κ3) is 4.60. The zero-order valence-corrected chi connectivity index (χ0v) is 16.6. The SMILES string of the molecule is CC(C)Cc1ccc(CC(=O)Oc2cccc3c(I)cccc23)cc1. The summed E-state index contributed by atoms with van der Waals surface area (Å²) in [4.78, 5) is 12.3. The van der Waals surface area contributed by atoms with E-state index in [9.17, 15) is 4.79 Å². The summed E-state index contributed by atoms with van der Waals surface area (Å²) in [5, 5.41) is 2.07. The standard InChI is InChI=1S/C22H21IO2/c1-15(2)13-16-9-11-17(12-10-16)14-22(24)25-21-8-4-5-18-19(21)6-3-7-20(18)23/h3-12,15H,13-14H2,1-2H3. The maximum atomic E-state index is 12.3. The molecule has 3 aromatic rings. The third-order valence-corrected chi connectivity index (χ3v) is 5.01. The van der Waals surface area contributed by atoms with Crippen molar-refractivity contribution in [2.45, 2.75) is 26.7 Å². The number of ether oxygens (including phenoxy) is 1. The number of fused-ring (bicyclic) bond motifs is 1. The molecule has 3 heteroatoms. The van der Waals surface area contributed by atoms with Crippen molar-refractivity contribution in [3.05, 3.63) is 75.4 Å². The van der Waals surface area contributed by atoms with Gasteiger partial charge in [0.05, 0.1) is 6.42 Å². The maximum absolute atomic E-state index is 12.3. The van der Waals surface area contributed by atoms with Crippen molar-refractivity contribution in [1.82, 2.24) is 0 Å². The minimum Gasteiger partial charge on any atom is -0.426 e. The quantitative estimate of drug-likeness (QED) is 0.283. The Morgan fingerprint density at radius 2 is 1.56 bits per heavy atom. The molecule has 0 fully saturated rings. The molecule has 0 spiro atoms. The first-order valence-electron chi connectivity index (χ1n) is 8.48. The number of esters is 1. The summed E-state index contributed by atoms with van der Waals surface area (Å²) in [6, 6.07) is 20.1. The topological polar surface area (TPSA) is 26.3 Å². The van der Waals surface area contributed by atoms with Crippen LogP contribution in [0.1, 0.15) is 25.0 Å². The van der Waals surface area contributed by atoms with Crippen LogP contribution >= 0.6 is 22.6 Å². The van der Waals surface area contributed by atoms with Gasteiger partial charge in [-0.3, -0.25) is 4.79 Å². The summed E-state index contributed by atoms with van der Waals surface area (Å²) in [5.74, 6) is 1.02. The zero-order chi connectivity index (χ0) is 17.8. The minimum absolute atomic E-state index is 0.233. The second-order valence-electron chi connectivity index (χ2n) is 6.66. The highest BCUT2D eigenvalue weighted by molar-refractivity contribution is 14.1. The molecule has 0 heterocycles. The third-order valence-electron chi connectivity index (χ3n) is 4.07. The first-order valence-corrected chi connectivity index (χ1v) is 9.56. The molecule has 0 aliphatic heterocycles. The lowest BCUT2D eigenvalue weighted by atomic mass is 10.0. The van der Waals surface area contributed by atoms with Gasteiger partial charge >= 0.3 is 5.97 Å². The lowest BCUT2D eigenvalue weighted by Gasteiger charge is -2.09. The number of rotatable bonds is 5. The lowest BCUT2D eigenvalue weighted by molar-refractivity contribution is -0.133. The zero-order valence-electron chi connectivity index (χ0n) is 14.5. The number of carbonyl (C=O) groups is 1. The highest BCUT2D eigenvalue weighted by Crippen LogP contribution is 2.29. The predicted octanol–water partition coefficient (Wildman–Crippen LogP) is 5.79. The van der Waals surface area contributed by atoms with Crippen molar-refractivity contribution in [1.29, 1.82) is 0 Å². The Morgan fingerprint density at radius 1 is 0.920 bits per heavy atom. The molecule has 0 bridgehead atoms. The van der Waals surface area contributed by atoms with Crippen LogP contribution in [-0.4, -0.2) is 5.97 Å². The van der Waals surface area contributed by atoms with E-state index in [1.807, 2.05) is 48.5 Å². The minimum atomic E-state index is -0.233. The fraction of sp³-hybridized carbons (Fsp3) is 0.227. The van der Waals surface area contributed by atoms with Gasteiger partial charge in [0.1, 0.15) is 5.75 Å². The van der Waals surface area contributed by atoms with Gasteiger partial charge in [-0.2, -0.15) is 0 Å². The van der Waals surface area contributed by atoms with E-state index in [2.05, 4.69) is 48.6 Å². The van der Waals surface area contributed by atoms with Gasteiger partial charge in [-0.15, -0.1) is 0 Å². The van der Waals surface area contributed by atoms with Crippen molar-refractivity contribution < 1.29 is 9.53 Å². The molecular weight excluding hydrogens is 423 g/mol. The van der Waals surface area contributed by atoms with Crippen molar-refractivity contribution in [2.24, 2.45) is 5.92 Å². The number of hydrogen-bond acceptors (Lipinski definition) is 2. The Labute approximate surface area is 162 Å². The monoisotopic (exact) mass is 444 g/mol. The predicted molar refractivity (Wildman–Crippen MR) is 111 cm³/mol. The first-order chi connectivity index (χ1) is 12.0. The molecule has 0 radical (unpaired) electrons. The number of carbonyl (C=O) groups excluding carboxylic acids is 1. The van der Waals surface area contributed by atoms with Crippen LogP contribution in [0.3, 0.4) is 0 Å². The average molecular weight is 444 g/mol. The largest absolute Gasteiger partial charge is 0.426 e. The van der Waals surface area contributed by atoms with Gasteiger partial charge in [0.15, 0.2) is 0 Å². The van der Waals surface area contributed by atoms with Crippen LogP contribution in [0.5, 0.6) is 5.75 Å². The molecule has 0 N–H and O–H groups in total. The molecule has 0 aliphatic rings. The molecule has 0 saturated heterocycles. The van der Waals surface area contributed by atoms with Gasteiger partial charge < -0.3 is 4.74 Å². The van der Waals surface area contributed by atoms with E-state index >= 15 is 0 Å². The molecule has 2 nitrogen and oxygen atoms in total. The van der Waals surface area contributed by atoms with Crippen LogP contribution in [0, 0.1) is 9.49 Å².